The first-order chi connectivity index (χ1) is 15.1. The van der Waals surface area contributed by atoms with Gasteiger partial charge in [0.05, 0.1) is 26.7 Å². The Morgan fingerprint density at radius 1 is 1.06 bits per heavy atom. The van der Waals surface area contributed by atoms with E-state index in [1.54, 1.807) is 24.4 Å². The third-order valence-electron chi connectivity index (χ3n) is 5.70. The molecule has 0 amide bonds. The molecule has 8 nitrogen and oxygen atoms in total. The number of hydrogen-bond acceptors (Lipinski definition) is 6. The number of non-ortho nitro benzene ring substituents is 1. The third-order valence-corrected chi connectivity index (χ3v) is 5.93. The normalized spacial score (nSPS) is 15.5. The minimum Gasteiger partial charge on any atom is -0.368 e. The summed E-state index contributed by atoms with van der Waals surface area (Å²) in [6.45, 7) is 4.30. The van der Waals surface area contributed by atoms with Gasteiger partial charge in [0.15, 0.2) is 0 Å². The molecule has 5 rings (SSSR count). The highest BCUT2D eigenvalue weighted by molar-refractivity contribution is 6.30. The van der Waals surface area contributed by atoms with Gasteiger partial charge in [-0.2, -0.15) is 0 Å². The Balaban J connectivity index is 1.35. The smallest absolute Gasteiger partial charge is 0.278 e. The minimum atomic E-state index is -0.347. The molecule has 4 aromatic rings. The van der Waals surface area contributed by atoms with Crippen LogP contribution in [0.4, 0.5) is 11.4 Å². The first kappa shape index (κ1) is 19.7. The molecular weight excluding hydrogens is 416 g/mol. The second-order valence-corrected chi connectivity index (χ2v) is 8.16. The second-order valence-electron chi connectivity index (χ2n) is 7.72. The molecule has 1 aliphatic rings. The lowest BCUT2D eigenvalue weighted by atomic mass is 10.1. The van der Waals surface area contributed by atoms with Crippen molar-refractivity contribution in [1.82, 2.24) is 19.3 Å². The average Bonchev–Trinajstić information content (AvgIpc) is 3.01. The molecule has 0 bridgehead atoms. The van der Waals surface area contributed by atoms with Gasteiger partial charge >= 0.3 is 0 Å². The highest BCUT2D eigenvalue weighted by atomic mass is 35.5. The Morgan fingerprint density at radius 2 is 1.97 bits per heavy atom. The van der Waals surface area contributed by atoms with Gasteiger partial charge in [-0.05, 0) is 36.8 Å². The van der Waals surface area contributed by atoms with Gasteiger partial charge in [-0.15, -0.1) is 0 Å². The second kappa shape index (κ2) is 8.13. The van der Waals surface area contributed by atoms with Crippen molar-refractivity contribution in [2.24, 2.45) is 0 Å². The summed E-state index contributed by atoms with van der Waals surface area (Å²) in [5, 5.41) is 12.7. The molecule has 158 valence electrons. The van der Waals surface area contributed by atoms with E-state index in [1.807, 2.05) is 35.0 Å². The van der Waals surface area contributed by atoms with E-state index < -0.39 is 0 Å². The Bertz CT molecular complexity index is 1270. The number of hydrogen-bond donors (Lipinski definition) is 0. The average molecular weight is 437 g/mol. The zero-order valence-electron chi connectivity index (χ0n) is 16.8. The highest BCUT2D eigenvalue weighted by Gasteiger charge is 2.21. The maximum Gasteiger partial charge on any atom is 0.278 e. The maximum absolute atomic E-state index is 11.4. The number of nitro groups is 1. The molecule has 3 aromatic heterocycles. The van der Waals surface area contributed by atoms with Gasteiger partial charge in [0.2, 0.25) is 0 Å². The summed E-state index contributed by atoms with van der Waals surface area (Å²) in [4.78, 5) is 24.9. The van der Waals surface area contributed by atoms with Crippen LogP contribution in [0.5, 0.6) is 0 Å². The van der Waals surface area contributed by atoms with Crippen molar-refractivity contribution >= 4 is 39.5 Å². The van der Waals surface area contributed by atoms with Crippen LogP contribution in [0.1, 0.15) is 12.1 Å². The first-order valence-corrected chi connectivity index (χ1v) is 10.6. The fraction of sp³-hybridized carbons (Fsp3) is 0.273. The SMILES string of the molecule is O=[N+]([O-])c1ccc(N2CCCN(Cc3cn4cc(Cl)ccc4n3)CC2)c2ncccc12. The van der Waals surface area contributed by atoms with Gasteiger partial charge < -0.3 is 9.30 Å². The predicted molar refractivity (Wildman–Crippen MR) is 121 cm³/mol. The number of fused-ring (bicyclic) bond motifs is 2. The van der Waals surface area contributed by atoms with Crippen molar-refractivity contribution in [3.63, 3.8) is 0 Å². The van der Waals surface area contributed by atoms with Crippen molar-refractivity contribution in [1.29, 1.82) is 0 Å². The molecule has 9 heteroatoms. The monoisotopic (exact) mass is 436 g/mol. The number of benzene rings is 1. The number of nitrogens with zero attached hydrogens (tertiary/aromatic N) is 6. The van der Waals surface area contributed by atoms with Crippen LogP contribution in [0.3, 0.4) is 0 Å². The van der Waals surface area contributed by atoms with Crippen molar-refractivity contribution < 1.29 is 4.92 Å². The zero-order valence-corrected chi connectivity index (χ0v) is 17.6. The van der Waals surface area contributed by atoms with Gasteiger partial charge in [-0.1, -0.05) is 11.6 Å². The Hall–Kier alpha value is -3.23. The molecule has 0 N–H and O–H groups in total. The van der Waals surface area contributed by atoms with E-state index in [0.717, 1.165) is 56.2 Å². The van der Waals surface area contributed by atoms with Crippen LogP contribution in [0.2, 0.25) is 5.02 Å². The standard InChI is InChI=1S/C22H21ClN6O2/c23-16-4-7-21-25-17(15-28(21)13-16)14-26-9-2-10-27(12-11-26)20-6-5-19(29(30)31)18-3-1-8-24-22(18)20/h1,3-8,13,15H,2,9-12,14H2. The third kappa shape index (κ3) is 3.92. The van der Waals surface area contributed by atoms with Crippen LogP contribution in [0.25, 0.3) is 16.6 Å². The van der Waals surface area contributed by atoms with E-state index >= 15 is 0 Å². The number of pyridine rings is 2. The Kier molecular flexibility index (Phi) is 5.17. The molecule has 1 aliphatic heterocycles. The fourth-order valence-electron chi connectivity index (χ4n) is 4.25. The maximum atomic E-state index is 11.4. The molecule has 0 radical (unpaired) electrons. The van der Waals surface area contributed by atoms with Crippen molar-refractivity contribution in [2.75, 3.05) is 31.1 Å². The molecule has 1 aromatic carbocycles. The predicted octanol–water partition coefficient (Wildman–Crippen LogP) is 4.16. The molecule has 0 saturated carbocycles. The number of rotatable bonds is 4. The van der Waals surface area contributed by atoms with E-state index in [0.29, 0.717) is 15.9 Å². The number of nitro benzene ring substituents is 1. The number of aromatic nitrogens is 3. The molecule has 0 unspecified atom stereocenters. The van der Waals surface area contributed by atoms with Crippen LogP contribution in [-0.4, -0.2) is 50.4 Å². The van der Waals surface area contributed by atoms with Crippen molar-refractivity contribution in [3.05, 3.63) is 75.8 Å². The lowest BCUT2D eigenvalue weighted by Crippen LogP contribution is -2.30. The van der Waals surface area contributed by atoms with Crippen LogP contribution < -0.4 is 4.90 Å². The van der Waals surface area contributed by atoms with Crippen LogP contribution >= 0.6 is 11.6 Å². The summed E-state index contributed by atoms with van der Waals surface area (Å²) in [6, 6.07) is 10.7. The zero-order chi connectivity index (χ0) is 21.4. The first-order valence-electron chi connectivity index (χ1n) is 10.2. The van der Waals surface area contributed by atoms with Gasteiger partial charge in [0.1, 0.15) is 11.2 Å². The number of anilines is 1. The quantitative estimate of drug-likeness (QED) is 0.353. The number of halogens is 1. The van der Waals surface area contributed by atoms with Crippen LogP contribution in [0.15, 0.2) is 55.0 Å². The van der Waals surface area contributed by atoms with Gasteiger partial charge in [0.25, 0.3) is 5.69 Å². The summed E-state index contributed by atoms with van der Waals surface area (Å²) in [5.74, 6) is 0. The van der Waals surface area contributed by atoms with Crippen molar-refractivity contribution in [2.45, 2.75) is 13.0 Å². The summed E-state index contributed by atoms with van der Waals surface area (Å²) in [5.41, 5.74) is 3.63. The molecule has 4 heterocycles. The topological polar surface area (TPSA) is 79.8 Å². The fourth-order valence-corrected chi connectivity index (χ4v) is 4.42. The number of imidazole rings is 1. The highest BCUT2D eigenvalue weighted by Crippen LogP contribution is 2.32. The molecule has 1 fully saturated rings. The Labute approximate surface area is 183 Å². The van der Waals surface area contributed by atoms with Gasteiger partial charge in [-0.3, -0.25) is 20.0 Å². The lowest BCUT2D eigenvalue weighted by molar-refractivity contribution is -0.383. The van der Waals surface area contributed by atoms with Crippen LogP contribution in [-0.2, 0) is 6.54 Å². The van der Waals surface area contributed by atoms with E-state index in [9.17, 15) is 10.1 Å². The molecule has 1 saturated heterocycles. The summed E-state index contributed by atoms with van der Waals surface area (Å²) in [7, 11) is 0. The molecule has 0 spiro atoms. The van der Waals surface area contributed by atoms with Gasteiger partial charge in [-0.25, -0.2) is 4.98 Å². The summed E-state index contributed by atoms with van der Waals surface area (Å²) in [6.07, 6.45) is 6.57. The van der Waals surface area contributed by atoms with E-state index in [4.69, 9.17) is 16.6 Å². The van der Waals surface area contributed by atoms with Crippen molar-refractivity contribution in [3.8, 4) is 0 Å². The summed E-state index contributed by atoms with van der Waals surface area (Å²) < 4.78 is 1.95. The molecule has 0 atom stereocenters. The van der Waals surface area contributed by atoms with E-state index in [1.165, 1.54) is 0 Å². The minimum absolute atomic E-state index is 0.0928. The summed E-state index contributed by atoms with van der Waals surface area (Å²) >= 11 is 6.08. The lowest BCUT2D eigenvalue weighted by Gasteiger charge is -2.24. The largest absolute Gasteiger partial charge is 0.368 e. The van der Waals surface area contributed by atoms with E-state index in [-0.39, 0.29) is 10.6 Å². The molecule has 31 heavy (non-hydrogen) atoms. The molecule has 0 aliphatic carbocycles. The van der Waals surface area contributed by atoms with E-state index in [2.05, 4.69) is 14.8 Å². The van der Waals surface area contributed by atoms with Crippen LogP contribution in [0, 0.1) is 10.1 Å². The Morgan fingerprint density at radius 3 is 2.84 bits per heavy atom. The molecular formula is C22H21ClN6O2. The van der Waals surface area contributed by atoms with Gasteiger partial charge in [0, 0.05) is 57.4 Å².